The fourth-order valence-corrected chi connectivity index (χ4v) is 2.12. The summed E-state index contributed by atoms with van der Waals surface area (Å²) in [7, 11) is -3.37. The third kappa shape index (κ3) is 2.99. The molecule has 0 aromatic carbocycles. The molecule has 1 fully saturated rings. The van der Waals surface area contributed by atoms with Gasteiger partial charge in [-0.05, 0) is 0 Å². The zero-order valence-corrected chi connectivity index (χ0v) is 9.40. The monoisotopic (exact) mass is 258 g/mol. The van der Waals surface area contributed by atoms with Crippen molar-refractivity contribution in [1.29, 1.82) is 0 Å². The standard InChI is InChI=1S/C7H15O8P/c1-14-16(12,13)15-4-2-3(8)5(9)7(11)6(4)10/h3-11H,2H2,1H3,(H,12,13). The van der Waals surface area contributed by atoms with Crippen LogP contribution in [-0.2, 0) is 13.6 Å². The molecule has 96 valence electrons. The number of phosphoric acid groups is 1. The first-order valence-corrected chi connectivity index (χ1v) is 6.07. The Morgan fingerprint density at radius 3 is 2.19 bits per heavy atom. The molecule has 9 heteroatoms. The highest BCUT2D eigenvalue weighted by Gasteiger charge is 2.45. The number of hydrogen-bond donors (Lipinski definition) is 5. The van der Waals surface area contributed by atoms with E-state index in [9.17, 15) is 25.0 Å². The van der Waals surface area contributed by atoms with Crippen LogP contribution in [0.15, 0.2) is 0 Å². The van der Waals surface area contributed by atoms with Crippen molar-refractivity contribution in [3.8, 4) is 0 Å². The highest BCUT2D eigenvalue weighted by Crippen LogP contribution is 2.45. The molecule has 6 unspecified atom stereocenters. The van der Waals surface area contributed by atoms with Gasteiger partial charge in [-0.1, -0.05) is 0 Å². The van der Waals surface area contributed by atoms with E-state index in [4.69, 9.17) is 4.89 Å². The van der Waals surface area contributed by atoms with Gasteiger partial charge < -0.3 is 25.3 Å². The van der Waals surface area contributed by atoms with Crippen LogP contribution in [-0.4, -0.2) is 62.9 Å². The highest BCUT2D eigenvalue weighted by molar-refractivity contribution is 7.47. The maximum atomic E-state index is 11.1. The molecule has 1 aliphatic rings. The van der Waals surface area contributed by atoms with Crippen molar-refractivity contribution in [1.82, 2.24) is 0 Å². The quantitative estimate of drug-likeness (QED) is 0.365. The Kier molecular flexibility index (Phi) is 4.44. The van der Waals surface area contributed by atoms with Gasteiger partial charge in [-0.2, -0.15) is 0 Å². The lowest BCUT2D eigenvalue weighted by Gasteiger charge is -2.37. The van der Waals surface area contributed by atoms with Crippen molar-refractivity contribution >= 4 is 7.82 Å². The lowest BCUT2D eigenvalue weighted by molar-refractivity contribution is -0.173. The minimum absolute atomic E-state index is 0.284. The predicted octanol–water partition coefficient (Wildman–Crippen LogP) is -2.03. The van der Waals surface area contributed by atoms with Crippen LogP contribution in [0.2, 0.25) is 0 Å². The van der Waals surface area contributed by atoms with Gasteiger partial charge in [-0.3, -0.25) is 9.05 Å². The van der Waals surface area contributed by atoms with Gasteiger partial charge in [0, 0.05) is 13.5 Å². The molecule has 6 atom stereocenters. The van der Waals surface area contributed by atoms with E-state index in [0.29, 0.717) is 0 Å². The average Bonchev–Trinajstić information content (AvgIpc) is 2.22. The zero-order chi connectivity index (χ0) is 12.5. The second-order valence-corrected chi connectivity index (χ2v) is 5.08. The number of hydrogen-bond acceptors (Lipinski definition) is 7. The summed E-state index contributed by atoms with van der Waals surface area (Å²) in [6, 6.07) is 0. The molecule has 0 bridgehead atoms. The average molecular weight is 258 g/mol. The zero-order valence-electron chi connectivity index (χ0n) is 8.50. The molecule has 1 rings (SSSR count). The van der Waals surface area contributed by atoms with Gasteiger partial charge >= 0.3 is 7.82 Å². The molecule has 0 spiro atoms. The third-order valence-corrected chi connectivity index (χ3v) is 3.45. The molecule has 0 radical (unpaired) electrons. The number of aliphatic hydroxyl groups excluding tert-OH is 4. The second kappa shape index (κ2) is 5.07. The maximum Gasteiger partial charge on any atom is 0.472 e. The van der Waals surface area contributed by atoms with Crippen LogP contribution in [0.5, 0.6) is 0 Å². The Hall–Kier alpha value is -0.0500. The predicted molar refractivity (Wildman–Crippen MR) is 50.4 cm³/mol. The summed E-state index contributed by atoms with van der Waals surface area (Å²) < 4.78 is 19.7. The molecule has 0 aromatic rings. The molecule has 8 nitrogen and oxygen atoms in total. The molecule has 1 aliphatic carbocycles. The lowest BCUT2D eigenvalue weighted by atomic mass is 9.87. The van der Waals surface area contributed by atoms with Gasteiger partial charge in [0.2, 0.25) is 0 Å². The van der Waals surface area contributed by atoms with E-state index in [1.165, 1.54) is 0 Å². The first-order valence-electron chi connectivity index (χ1n) is 4.57. The smallest absolute Gasteiger partial charge is 0.390 e. The minimum atomic E-state index is -4.32. The van der Waals surface area contributed by atoms with Crippen LogP contribution in [0.4, 0.5) is 0 Å². The summed E-state index contributed by atoms with van der Waals surface area (Å²) in [6.07, 6.45) is -7.66. The van der Waals surface area contributed by atoms with Crippen LogP contribution in [0.1, 0.15) is 6.42 Å². The summed E-state index contributed by atoms with van der Waals surface area (Å²) in [5.41, 5.74) is 0. The van der Waals surface area contributed by atoms with E-state index in [1.54, 1.807) is 0 Å². The topological polar surface area (TPSA) is 137 Å². The fourth-order valence-electron chi connectivity index (χ4n) is 1.49. The minimum Gasteiger partial charge on any atom is -0.390 e. The van der Waals surface area contributed by atoms with E-state index in [2.05, 4.69) is 9.05 Å². The van der Waals surface area contributed by atoms with Crippen LogP contribution in [0.3, 0.4) is 0 Å². The molecule has 0 amide bonds. The molecular formula is C7H15O8P. The maximum absolute atomic E-state index is 11.1. The van der Waals surface area contributed by atoms with Crippen molar-refractivity contribution in [2.45, 2.75) is 36.9 Å². The molecule has 0 heterocycles. The number of phosphoric ester groups is 1. The van der Waals surface area contributed by atoms with Crippen LogP contribution in [0, 0.1) is 0 Å². The van der Waals surface area contributed by atoms with Gasteiger partial charge in [-0.25, -0.2) is 4.57 Å². The van der Waals surface area contributed by atoms with E-state index < -0.39 is 38.3 Å². The van der Waals surface area contributed by atoms with E-state index >= 15 is 0 Å². The molecule has 0 aliphatic heterocycles. The summed E-state index contributed by atoms with van der Waals surface area (Å²) in [5, 5.41) is 37.3. The summed E-state index contributed by atoms with van der Waals surface area (Å²) >= 11 is 0. The first-order chi connectivity index (χ1) is 7.28. The van der Waals surface area contributed by atoms with Gasteiger partial charge in [0.25, 0.3) is 0 Å². The van der Waals surface area contributed by atoms with E-state index in [1.807, 2.05) is 0 Å². The van der Waals surface area contributed by atoms with Gasteiger partial charge in [-0.15, -0.1) is 0 Å². The lowest BCUT2D eigenvalue weighted by Crippen LogP contribution is -2.56. The normalized spacial score (nSPS) is 44.0. The van der Waals surface area contributed by atoms with Gasteiger partial charge in [0.1, 0.15) is 24.4 Å². The fraction of sp³-hybridized carbons (Fsp3) is 1.00. The summed E-state index contributed by atoms with van der Waals surface area (Å²) in [6.45, 7) is 0. The van der Waals surface area contributed by atoms with Crippen molar-refractivity contribution < 1.29 is 38.9 Å². The molecule has 5 N–H and O–H groups in total. The van der Waals surface area contributed by atoms with Crippen molar-refractivity contribution in [2.75, 3.05) is 7.11 Å². The van der Waals surface area contributed by atoms with Crippen molar-refractivity contribution in [2.24, 2.45) is 0 Å². The Morgan fingerprint density at radius 1 is 1.12 bits per heavy atom. The van der Waals surface area contributed by atoms with Crippen LogP contribution >= 0.6 is 7.82 Å². The van der Waals surface area contributed by atoms with E-state index in [-0.39, 0.29) is 6.42 Å². The van der Waals surface area contributed by atoms with Crippen LogP contribution in [0.25, 0.3) is 0 Å². The second-order valence-electron chi connectivity index (χ2n) is 3.57. The Balaban J connectivity index is 2.71. The molecule has 16 heavy (non-hydrogen) atoms. The van der Waals surface area contributed by atoms with Crippen molar-refractivity contribution in [3.63, 3.8) is 0 Å². The Bertz CT molecular complexity index is 284. The van der Waals surface area contributed by atoms with Gasteiger partial charge in [0.15, 0.2) is 0 Å². The Morgan fingerprint density at radius 2 is 1.69 bits per heavy atom. The largest absolute Gasteiger partial charge is 0.472 e. The summed E-state index contributed by atoms with van der Waals surface area (Å²) in [5.74, 6) is 0. The SMILES string of the molecule is COP(=O)(O)OC1CC(O)C(O)C(O)C1O. The molecule has 0 saturated heterocycles. The highest BCUT2D eigenvalue weighted by atomic mass is 31.2. The van der Waals surface area contributed by atoms with Gasteiger partial charge in [0.05, 0.1) is 6.10 Å². The molecular weight excluding hydrogens is 243 g/mol. The van der Waals surface area contributed by atoms with E-state index in [0.717, 1.165) is 7.11 Å². The number of aliphatic hydroxyl groups is 4. The van der Waals surface area contributed by atoms with Crippen LogP contribution < -0.4 is 0 Å². The Labute approximate surface area is 91.7 Å². The first kappa shape index (κ1) is 14.0. The number of rotatable bonds is 3. The third-order valence-electron chi connectivity index (χ3n) is 2.45. The molecule has 1 saturated carbocycles. The van der Waals surface area contributed by atoms with Crippen molar-refractivity contribution in [3.05, 3.63) is 0 Å². The summed E-state index contributed by atoms with van der Waals surface area (Å²) in [4.78, 5) is 9.01. The molecule has 0 aromatic heterocycles.